The fourth-order valence-electron chi connectivity index (χ4n) is 4.01. The van der Waals surface area contributed by atoms with Gasteiger partial charge < -0.3 is 9.64 Å². The number of rotatable bonds is 4. The van der Waals surface area contributed by atoms with E-state index in [9.17, 15) is 4.79 Å². The topological polar surface area (TPSA) is 32.8 Å². The first-order valence-electron chi connectivity index (χ1n) is 9.33. The third-order valence-corrected chi connectivity index (χ3v) is 5.44. The van der Waals surface area contributed by atoms with Crippen LogP contribution in [0.3, 0.4) is 0 Å². The third kappa shape index (κ3) is 4.50. The molecule has 24 heavy (non-hydrogen) atoms. The number of hydrogen-bond acceptors (Lipinski definition) is 3. The summed E-state index contributed by atoms with van der Waals surface area (Å²) in [6, 6.07) is 8.59. The molecule has 1 aromatic rings. The Hall–Kier alpha value is -1.55. The second-order valence-electron chi connectivity index (χ2n) is 7.45. The van der Waals surface area contributed by atoms with Crippen molar-refractivity contribution in [1.29, 1.82) is 0 Å². The van der Waals surface area contributed by atoms with Crippen molar-refractivity contribution in [2.45, 2.75) is 45.6 Å². The van der Waals surface area contributed by atoms with Gasteiger partial charge in [0, 0.05) is 32.2 Å². The number of piperazine rings is 1. The number of amides is 1. The number of benzene rings is 1. The zero-order valence-electron chi connectivity index (χ0n) is 15.0. The highest BCUT2D eigenvalue weighted by Crippen LogP contribution is 2.27. The van der Waals surface area contributed by atoms with E-state index >= 15 is 0 Å². The summed E-state index contributed by atoms with van der Waals surface area (Å²) >= 11 is 0. The molecule has 1 aliphatic carbocycles. The first kappa shape index (κ1) is 17.3. The lowest BCUT2D eigenvalue weighted by molar-refractivity contribution is -0.135. The van der Waals surface area contributed by atoms with E-state index in [1.165, 1.54) is 25.7 Å². The van der Waals surface area contributed by atoms with Crippen LogP contribution < -0.4 is 4.74 Å². The molecule has 1 amide bonds. The van der Waals surface area contributed by atoms with E-state index in [0.717, 1.165) is 49.5 Å². The van der Waals surface area contributed by atoms with E-state index < -0.39 is 0 Å². The van der Waals surface area contributed by atoms with Crippen LogP contribution in [-0.2, 0) is 4.79 Å². The molecule has 2 atom stereocenters. The molecule has 0 radical (unpaired) electrons. The second kappa shape index (κ2) is 8.02. The Morgan fingerprint density at radius 1 is 1.21 bits per heavy atom. The summed E-state index contributed by atoms with van der Waals surface area (Å²) in [4.78, 5) is 16.9. The first-order valence-corrected chi connectivity index (χ1v) is 9.33. The number of carbonyl (C=O) groups is 1. The molecule has 1 saturated carbocycles. The van der Waals surface area contributed by atoms with Gasteiger partial charge in [0.1, 0.15) is 5.75 Å². The van der Waals surface area contributed by atoms with Gasteiger partial charge in [0.2, 0.25) is 0 Å². The van der Waals surface area contributed by atoms with Crippen LogP contribution in [0.2, 0.25) is 0 Å². The molecule has 3 rings (SSSR count). The number of ether oxygens (including phenoxy) is 1. The van der Waals surface area contributed by atoms with Crippen molar-refractivity contribution in [3.05, 3.63) is 29.8 Å². The molecule has 1 aliphatic heterocycles. The number of hydrogen-bond donors (Lipinski definition) is 0. The summed E-state index contributed by atoms with van der Waals surface area (Å²) in [6.45, 7) is 8.22. The van der Waals surface area contributed by atoms with Crippen molar-refractivity contribution < 1.29 is 9.53 Å². The van der Waals surface area contributed by atoms with Crippen molar-refractivity contribution >= 4 is 5.91 Å². The highest BCUT2D eigenvalue weighted by Gasteiger charge is 2.28. The molecular formula is C20H30N2O2. The Bertz CT molecular complexity index is 552. The van der Waals surface area contributed by atoms with E-state index in [0.29, 0.717) is 0 Å². The SMILES string of the molecule is Cc1cccc(OCC(=O)N2CCN([C@@H]3CCC[C@@H](C)C3)CC2)c1. The molecule has 2 aliphatic rings. The lowest BCUT2D eigenvalue weighted by atomic mass is 9.86. The third-order valence-electron chi connectivity index (χ3n) is 5.44. The normalized spacial score (nSPS) is 25.5. The van der Waals surface area contributed by atoms with Crippen LogP contribution >= 0.6 is 0 Å². The molecule has 1 aromatic carbocycles. The fraction of sp³-hybridized carbons (Fsp3) is 0.650. The van der Waals surface area contributed by atoms with Gasteiger partial charge >= 0.3 is 0 Å². The van der Waals surface area contributed by atoms with Crippen molar-refractivity contribution in [2.75, 3.05) is 32.8 Å². The minimum Gasteiger partial charge on any atom is -0.484 e. The molecule has 1 heterocycles. The number of carbonyl (C=O) groups excluding carboxylic acids is 1. The predicted molar refractivity (Wildman–Crippen MR) is 96.2 cm³/mol. The van der Waals surface area contributed by atoms with Gasteiger partial charge in [0.15, 0.2) is 6.61 Å². The Morgan fingerprint density at radius 2 is 2.00 bits per heavy atom. The summed E-state index contributed by atoms with van der Waals surface area (Å²) in [7, 11) is 0. The van der Waals surface area contributed by atoms with Gasteiger partial charge in [-0.15, -0.1) is 0 Å². The summed E-state index contributed by atoms with van der Waals surface area (Å²) in [5.41, 5.74) is 1.15. The number of aryl methyl sites for hydroxylation is 1. The molecule has 4 nitrogen and oxygen atoms in total. The average molecular weight is 330 g/mol. The maximum Gasteiger partial charge on any atom is 0.260 e. The summed E-state index contributed by atoms with van der Waals surface area (Å²) in [6.07, 6.45) is 5.39. The smallest absolute Gasteiger partial charge is 0.260 e. The van der Waals surface area contributed by atoms with Gasteiger partial charge in [-0.25, -0.2) is 0 Å². The summed E-state index contributed by atoms with van der Waals surface area (Å²) < 4.78 is 5.65. The molecule has 0 N–H and O–H groups in total. The molecule has 2 fully saturated rings. The van der Waals surface area contributed by atoms with Crippen LogP contribution in [0, 0.1) is 12.8 Å². The zero-order chi connectivity index (χ0) is 16.9. The highest BCUT2D eigenvalue weighted by molar-refractivity contribution is 5.77. The molecule has 0 spiro atoms. The highest BCUT2D eigenvalue weighted by atomic mass is 16.5. The lowest BCUT2D eigenvalue weighted by Gasteiger charge is -2.42. The molecule has 1 saturated heterocycles. The van der Waals surface area contributed by atoms with E-state index in [1.54, 1.807) is 0 Å². The van der Waals surface area contributed by atoms with Gasteiger partial charge in [0.05, 0.1) is 0 Å². The van der Waals surface area contributed by atoms with E-state index in [4.69, 9.17) is 4.74 Å². The standard InChI is InChI=1S/C20H30N2O2/c1-16-5-3-7-18(13-16)21-9-11-22(12-10-21)20(23)15-24-19-8-4-6-17(2)14-19/h4,6,8,14,16,18H,3,5,7,9-13,15H2,1-2H3/t16-,18-/m1/s1. The molecule has 0 bridgehead atoms. The zero-order valence-corrected chi connectivity index (χ0v) is 15.0. The average Bonchev–Trinajstić information content (AvgIpc) is 2.60. The van der Waals surface area contributed by atoms with E-state index in [-0.39, 0.29) is 12.5 Å². The van der Waals surface area contributed by atoms with Crippen LogP contribution in [-0.4, -0.2) is 54.5 Å². The summed E-state index contributed by atoms with van der Waals surface area (Å²) in [5, 5.41) is 0. The molecular weight excluding hydrogens is 300 g/mol. The first-order chi connectivity index (χ1) is 11.6. The van der Waals surface area contributed by atoms with Crippen LogP contribution in [0.15, 0.2) is 24.3 Å². The maximum atomic E-state index is 12.4. The molecule has 4 heteroatoms. The monoisotopic (exact) mass is 330 g/mol. The van der Waals surface area contributed by atoms with Crippen molar-refractivity contribution in [3.8, 4) is 5.75 Å². The number of nitrogens with zero attached hydrogens (tertiary/aromatic N) is 2. The maximum absolute atomic E-state index is 12.4. The van der Waals surface area contributed by atoms with Gasteiger partial charge in [-0.1, -0.05) is 31.9 Å². The van der Waals surface area contributed by atoms with Gasteiger partial charge in [0.25, 0.3) is 5.91 Å². The van der Waals surface area contributed by atoms with E-state index in [1.807, 2.05) is 36.1 Å². The second-order valence-corrected chi connectivity index (χ2v) is 7.45. The quantitative estimate of drug-likeness (QED) is 0.850. The summed E-state index contributed by atoms with van der Waals surface area (Å²) in [5.74, 6) is 1.73. The molecule has 0 aromatic heterocycles. The molecule has 132 valence electrons. The predicted octanol–water partition coefficient (Wildman–Crippen LogP) is 3.10. The van der Waals surface area contributed by atoms with E-state index in [2.05, 4.69) is 11.8 Å². The van der Waals surface area contributed by atoms with Crippen molar-refractivity contribution in [2.24, 2.45) is 5.92 Å². The molecule has 0 unspecified atom stereocenters. The van der Waals surface area contributed by atoms with Gasteiger partial charge in [-0.05, 0) is 43.4 Å². The van der Waals surface area contributed by atoms with Crippen molar-refractivity contribution in [1.82, 2.24) is 9.80 Å². The Balaban J connectivity index is 1.43. The van der Waals surface area contributed by atoms with Gasteiger partial charge in [-0.2, -0.15) is 0 Å². The van der Waals surface area contributed by atoms with Crippen LogP contribution in [0.4, 0.5) is 0 Å². The van der Waals surface area contributed by atoms with Crippen LogP contribution in [0.1, 0.15) is 38.2 Å². The lowest BCUT2D eigenvalue weighted by Crippen LogP contribution is -2.53. The minimum atomic E-state index is 0.105. The van der Waals surface area contributed by atoms with Gasteiger partial charge in [-0.3, -0.25) is 9.69 Å². The van der Waals surface area contributed by atoms with Crippen LogP contribution in [0.25, 0.3) is 0 Å². The Kier molecular flexibility index (Phi) is 5.77. The largest absolute Gasteiger partial charge is 0.484 e. The Morgan fingerprint density at radius 3 is 2.71 bits per heavy atom. The van der Waals surface area contributed by atoms with Crippen molar-refractivity contribution in [3.63, 3.8) is 0 Å². The minimum absolute atomic E-state index is 0.105. The van der Waals surface area contributed by atoms with Crippen LogP contribution in [0.5, 0.6) is 5.75 Å². The fourth-order valence-corrected chi connectivity index (χ4v) is 4.01. The Labute approximate surface area is 145 Å².